The minimum Gasteiger partial charge on any atom is -0.478 e. The van der Waals surface area contributed by atoms with Gasteiger partial charge in [-0.05, 0) is 12.8 Å². The van der Waals surface area contributed by atoms with Crippen LogP contribution in [0.1, 0.15) is 39.5 Å². The molecule has 0 aromatic carbocycles. The highest BCUT2D eigenvalue weighted by Gasteiger charge is 2.09. The van der Waals surface area contributed by atoms with Crippen molar-refractivity contribution >= 4 is 23.7 Å². The smallest absolute Gasteiger partial charge is 0.328 e. The number of carboxylic acid groups (broad SMARTS) is 1. The Morgan fingerprint density at radius 1 is 1.04 bits per heavy atom. The van der Waals surface area contributed by atoms with Gasteiger partial charge in [-0.15, -0.1) is 0 Å². The number of rotatable bonds is 8. The molecule has 1 aliphatic rings. The second-order valence-electron chi connectivity index (χ2n) is 4.89. The van der Waals surface area contributed by atoms with Crippen LogP contribution in [0.3, 0.4) is 0 Å². The Labute approximate surface area is 136 Å². The van der Waals surface area contributed by atoms with Crippen LogP contribution in [0.4, 0.5) is 0 Å². The van der Waals surface area contributed by atoms with Gasteiger partial charge in [0, 0.05) is 37.4 Å². The molecule has 0 unspecified atom stereocenters. The van der Waals surface area contributed by atoms with E-state index < -0.39 is 5.97 Å². The van der Waals surface area contributed by atoms with E-state index >= 15 is 0 Å². The Bertz CT molecular complexity index is 459. The van der Waals surface area contributed by atoms with E-state index in [2.05, 4.69) is 13.8 Å². The lowest BCUT2D eigenvalue weighted by molar-refractivity contribution is -0.132. The number of amides is 3. The van der Waals surface area contributed by atoms with Crippen LogP contribution in [0.15, 0.2) is 24.3 Å². The predicted octanol–water partition coefficient (Wildman–Crippen LogP) is 1.25. The fraction of sp³-hybridized carbons (Fsp3) is 0.500. The van der Waals surface area contributed by atoms with Crippen molar-refractivity contribution in [2.75, 3.05) is 13.1 Å². The number of carbonyl (C=O) groups is 4. The van der Waals surface area contributed by atoms with Crippen LogP contribution in [0.5, 0.6) is 0 Å². The highest BCUT2D eigenvalue weighted by Crippen LogP contribution is 2.00. The number of imide groups is 1. The van der Waals surface area contributed by atoms with Crippen LogP contribution in [0.25, 0.3) is 0 Å². The molecule has 23 heavy (non-hydrogen) atoms. The quantitative estimate of drug-likeness (QED) is 0.516. The molecule has 1 rings (SSSR count). The third-order valence-electron chi connectivity index (χ3n) is 2.88. The van der Waals surface area contributed by atoms with Gasteiger partial charge in [-0.1, -0.05) is 26.7 Å². The van der Waals surface area contributed by atoms with E-state index in [0.717, 1.165) is 37.8 Å². The topological polar surface area (TPSA) is 104 Å². The van der Waals surface area contributed by atoms with Gasteiger partial charge in [0.2, 0.25) is 5.91 Å². The van der Waals surface area contributed by atoms with Crippen molar-refractivity contribution in [1.82, 2.24) is 10.2 Å². The Kier molecular flexibility index (Phi) is 10.9. The van der Waals surface area contributed by atoms with Crippen LogP contribution in [-0.4, -0.2) is 46.8 Å². The van der Waals surface area contributed by atoms with Crippen LogP contribution in [0, 0.1) is 0 Å². The third-order valence-corrected chi connectivity index (χ3v) is 2.88. The number of hydrogen-bond acceptors (Lipinski definition) is 4. The number of aliphatic carboxylic acids is 1. The van der Waals surface area contributed by atoms with Gasteiger partial charge in [0.25, 0.3) is 11.8 Å². The summed E-state index contributed by atoms with van der Waals surface area (Å²) in [4.78, 5) is 43.7. The van der Waals surface area contributed by atoms with Gasteiger partial charge in [-0.2, -0.15) is 0 Å². The first-order valence-electron chi connectivity index (χ1n) is 7.63. The summed E-state index contributed by atoms with van der Waals surface area (Å²) in [6.45, 7) is 5.55. The van der Waals surface area contributed by atoms with E-state index in [1.54, 1.807) is 4.90 Å². The number of carbonyl (C=O) groups excluding carboxylic acids is 3. The van der Waals surface area contributed by atoms with E-state index in [4.69, 9.17) is 5.11 Å². The van der Waals surface area contributed by atoms with Gasteiger partial charge >= 0.3 is 5.97 Å². The van der Waals surface area contributed by atoms with Crippen molar-refractivity contribution in [3.05, 3.63) is 24.3 Å². The van der Waals surface area contributed by atoms with Gasteiger partial charge < -0.3 is 10.0 Å². The molecule has 0 aromatic heterocycles. The lowest BCUT2D eigenvalue weighted by Crippen LogP contribution is -2.31. The molecule has 0 saturated carbocycles. The maximum absolute atomic E-state index is 11.6. The van der Waals surface area contributed by atoms with Crippen molar-refractivity contribution in [2.45, 2.75) is 39.5 Å². The number of hydrogen-bond donors (Lipinski definition) is 2. The first kappa shape index (κ1) is 20.6. The van der Waals surface area contributed by atoms with Crippen LogP contribution >= 0.6 is 0 Å². The second-order valence-corrected chi connectivity index (χ2v) is 4.89. The van der Waals surface area contributed by atoms with Gasteiger partial charge in [0.05, 0.1) is 0 Å². The average Bonchev–Trinajstić information content (AvgIpc) is 2.89. The molecule has 0 atom stereocenters. The molecule has 0 aliphatic carbocycles. The molecule has 128 valence electrons. The summed E-state index contributed by atoms with van der Waals surface area (Å²) in [6.07, 6.45) is 8.38. The molecule has 3 amide bonds. The number of nitrogens with one attached hydrogen (secondary N) is 1. The van der Waals surface area contributed by atoms with Gasteiger partial charge in [-0.25, -0.2) is 4.79 Å². The second kappa shape index (κ2) is 12.1. The maximum Gasteiger partial charge on any atom is 0.328 e. The molecule has 0 radical (unpaired) electrons. The summed E-state index contributed by atoms with van der Waals surface area (Å²) >= 11 is 0. The molecular weight excluding hydrogens is 300 g/mol. The molecular formula is C16H24N2O5. The van der Waals surface area contributed by atoms with E-state index in [1.807, 2.05) is 5.32 Å². The highest BCUT2D eigenvalue weighted by molar-refractivity contribution is 6.12. The Morgan fingerprint density at radius 3 is 1.83 bits per heavy atom. The monoisotopic (exact) mass is 324 g/mol. The molecule has 7 heteroatoms. The SMILES string of the molecule is CCCCN(CCCC)C(=O)C=CC(=O)O.O=C1C=CC(=O)N1. The first-order chi connectivity index (χ1) is 10.9. The van der Waals surface area contributed by atoms with E-state index in [0.29, 0.717) is 13.1 Å². The summed E-state index contributed by atoms with van der Waals surface area (Å²) in [7, 11) is 0. The molecule has 7 nitrogen and oxygen atoms in total. The number of carboxylic acids is 1. The molecule has 0 bridgehead atoms. The highest BCUT2D eigenvalue weighted by atomic mass is 16.4. The Hall–Kier alpha value is -2.44. The fourth-order valence-electron chi connectivity index (χ4n) is 1.63. The zero-order valence-electron chi connectivity index (χ0n) is 13.6. The molecule has 1 aliphatic heterocycles. The Balaban J connectivity index is 0.000000568. The van der Waals surface area contributed by atoms with Crippen molar-refractivity contribution < 1.29 is 24.3 Å². The minimum absolute atomic E-state index is 0.204. The lowest BCUT2D eigenvalue weighted by atomic mass is 10.2. The normalized spacial score (nSPS) is 12.8. The van der Waals surface area contributed by atoms with Gasteiger partial charge in [-0.3, -0.25) is 19.7 Å². The fourth-order valence-corrected chi connectivity index (χ4v) is 1.63. The van der Waals surface area contributed by atoms with Crippen molar-refractivity contribution in [3.63, 3.8) is 0 Å². The molecule has 0 fully saturated rings. The zero-order valence-corrected chi connectivity index (χ0v) is 13.6. The third kappa shape index (κ3) is 10.9. The van der Waals surface area contributed by atoms with Crippen LogP contribution in [0.2, 0.25) is 0 Å². The number of nitrogens with zero attached hydrogens (tertiary/aromatic N) is 1. The van der Waals surface area contributed by atoms with Gasteiger partial charge in [0.15, 0.2) is 0 Å². The molecule has 0 spiro atoms. The molecule has 2 N–H and O–H groups in total. The zero-order chi connectivity index (χ0) is 17.7. The summed E-state index contributed by atoms with van der Waals surface area (Å²) < 4.78 is 0. The van der Waals surface area contributed by atoms with Crippen molar-refractivity contribution in [2.24, 2.45) is 0 Å². The van der Waals surface area contributed by atoms with Gasteiger partial charge in [0.1, 0.15) is 0 Å². The Morgan fingerprint density at radius 2 is 1.52 bits per heavy atom. The average molecular weight is 324 g/mol. The summed E-state index contributed by atoms with van der Waals surface area (Å²) in [5.74, 6) is -1.95. The van der Waals surface area contributed by atoms with Crippen LogP contribution < -0.4 is 5.32 Å². The minimum atomic E-state index is -1.08. The predicted molar refractivity (Wildman–Crippen MR) is 85.5 cm³/mol. The first-order valence-corrected chi connectivity index (χ1v) is 7.63. The maximum atomic E-state index is 11.6. The van der Waals surface area contributed by atoms with E-state index in [-0.39, 0.29) is 17.7 Å². The summed E-state index contributed by atoms with van der Waals surface area (Å²) in [5.41, 5.74) is 0. The van der Waals surface area contributed by atoms with Crippen molar-refractivity contribution in [1.29, 1.82) is 0 Å². The van der Waals surface area contributed by atoms with Crippen LogP contribution in [-0.2, 0) is 19.2 Å². The molecule has 0 aromatic rings. The standard InChI is InChI=1S/C12H21NO3.C4H3NO2/c1-3-5-9-13(10-6-4-2)11(14)7-8-12(15)16;6-3-1-2-4(7)5-3/h7-8H,3-6,9-10H2,1-2H3,(H,15,16);1-2H,(H,5,6,7). The largest absolute Gasteiger partial charge is 0.478 e. The van der Waals surface area contributed by atoms with E-state index in [1.165, 1.54) is 12.2 Å². The molecule has 0 saturated heterocycles. The van der Waals surface area contributed by atoms with Crippen molar-refractivity contribution in [3.8, 4) is 0 Å². The summed E-state index contributed by atoms with van der Waals surface area (Å²) in [5, 5.41) is 10.5. The lowest BCUT2D eigenvalue weighted by Gasteiger charge is -2.20. The number of unbranched alkanes of at least 4 members (excludes halogenated alkanes) is 2. The van der Waals surface area contributed by atoms with E-state index in [9.17, 15) is 19.2 Å². The summed E-state index contributed by atoms with van der Waals surface area (Å²) in [6, 6.07) is 0. The molecule has 1 heterocycles.